The normalized spacial score (nSPS) is 10.8. The molecule has 0 radical (unpaired) electrons. The highest BCUT2D eigenvalue weighted by Crippen LogP contribution is 2.36. The number of carbonyl (C=O) groups is 1. The summed E-state index contributed by atoms with van der Waals surface area (Å²) in [6.07, 6.45) is 4.57. The Morgan fingerprint density at radius 2 is 2.25 bits per heavy atom. The highest BCUT2D eigenvalue weighted by molar-refractivity contribution is 7.13. The Hall–Kier alpha value is -2.91. The average molecular weight is 402 g/mol. The largest absolute Gasteiger partial charge is 0.493 e. The van der Waals surface area contributed by atoms with Crippen LogP contribution >= 0.6 is 11.3 Å². The minimum absolute atomic E-state index is 0.0217. The highest BCUT2D eigenvalue weighted by Gasteiger charge is 2.15. The topological polar surface area (TPSA) is 112 Å². The molecule has 0 saturated carbocycles. The second-order valence-corrected chi connectivity index (χ2v) is 6.83. The van der Waals surface area contributed by atoms with Gasteiger partial charge in [0.05, 0.1) is 36.8 Å². The Morgan fingerprint density at radius 3 is 2.96 bits per heavy atom. The SMILES string of the molecule is COc1csc(-c2ccc(-n3ccnc3CCC(=O)O)cc2OCCCN)n1. The van der Waals surface area contributed by atoms with Crippen LogP contribution in [0, 0.1) is 0 Å². The lowest BCUT2D eigenvalue weighted by Crippen LogP contribution is -2.08. The van der Waals surface area contributed by atoms with Crippen molar-refractivity contribution in [1.82, 2.24) is 14.5 Å². The van der Waals surface area contributed by atoms with Crippen LogP contribution in [0.15, 0.2) is 36.0 Å². The van der Waals surface area contributed by atoms with E-state index in [1.807, 2.05) is 34.3 Å². The number of aryl methyl sites for hydroxylation is 1. The van der Waals surface area contributed by atoms with Crippen LogP contribution in [0.1, 0.15) is 18.7 Å². The molecule has 0 bridgehead atoms. The standard InChI is InChI=1S/C19H22N4O4S/c1-26-17-12-28-19(22-17)14-4-3-13(11-15(14)27-10-2-7-20)23-9-8-21-16(23)5-6-18(24)25/h3-4,8-9,11-12H,2,5-7,10,20H2,1H3,(H,24,25). The molecule has 3 rings (SSSR count). The van der Waals surface area contributed by atoms with Gasteiger partial charge in [-0.2, -0.15) is 0 Å². The Labute approximate surface area is 166 Å². The first-order valence-corrected chi connectivity index (χ1v) is 9.71. The third-order valence-corrected chi connectivity index (χ3v) is 4.91. The van der Waals surface area contributed by atoms with Crippen molar-refractivity contribution in [1.29, 1.82) is 0 Å². The zero-order valence-corrected chi connectivity index (χ0v) is 16.3. The number of nitrogens with two attached hydrogens (primary N) is 1. The number of aliphatic carboxylic acids is 1. The summed E-state index contributed by atoms with van der Waals surface area (Å²) in [6.45, 7) is 1.03. The molecular formula is C19H22N4O4S. The molecule has 3 aromatic rings. The van der Waals surface area contributed by atoms with E-state index in [0.717, 1.165) is 22.7 Å². The van der Waals surface area contributed by atoms with Gasteiger partial charge in [-0.1, -0.05) is 0 Å². The second-order valence-electron chi connectivity index (χ2n) is 5.97. The van der Waals surface area contributed by atoms with Gasteiger partial charge in [0.25, 0.3) is 0 Å². The van der Waals surface area contributed by atoms with Crippen LogP contribution in [0.4, 0.5) is 0 Å². The summed E-state index contributed by atoms with van der Waals surface area (Å²) in [5, 5.41) is 11.6. The fourth-order valence-corrected chi connectivity index (χ4v) is 3.47. The first kappa shape index (κ1) is 19.8. The predicted molar refractivity (Wildman–Crippen MR) is 106 cm³/mol. The van der Waals surface area contributed by atoms with Crippen LogP contribution in [-0.4, -0.2) is 45.9 Å². The first-order chi connectivity index (χ1) is 13.6. The Bertz CT molecular complexity index is 938. The number of carboxylic acids is 1. The molecule has 0 spiro atoms. The molecule has 0 atom stereocenters. The molecule has 0 amide bonds. The number of carboxylic acid groups (broad SMARTS) is 1. The molecule has 148 valence electrons. The van der Waals surface area contributed by atoms with Crippen LogP contribution in [0.2, 0.25) is 0 Å². The monoisotopic (exact) mass is 402 g/mol. The first-order valence-electron chi connectivity index (χ1n) is 8.83. The summed E-state index contributed by atoms with van der Waals surface area (Å²) in [5.74, 6) is 1.07. The Balaban J connectivity index is 1.94. The number of ether oxygens (including phenoxy) is 2. The molecule has 2 heterocycles. The van der Waals surface area contributed by atoms with Crippen molar-refractivity contribution in [2.45, 2.75) is 19.3 Å². The fraction of sp³-hybridized carbons (Fsp3) is 0.316. The fourth-order valence-electron chi connectivity index (χ4n) is 2.67. The molecule has 0 aliphatic rings. The predicted octanol–water partition coefficient (Wildman–Crippen LogP) is 2.75. The number of methoxy groups -OCH3 is 1. The number of aromatic nitrogens is 3. The van der Waals surface area contributed by atoms with Crippen molar-refractivity contribution in [3.8, 4) is 27.9 Å². The van der Waals surface area contributed by atoms with E-state index in [-0.39, 0.29) is 6.42 Å². The van der Waals surface area contributed by atoms with E-state index in [1.165, 1.54) is 11.3 Å². The lowest BCUT2D eigenvalue weighted by atomic mass is 10.1. The van der Waals surface area contributed by atoms with Gasteiger partial charge in [0, 0.05) is 24.9 Å². The van der Waals surface area contributed by atoms with Gasteiger partial charge in [0.2, 0.25) is 5.88 Å². The van der Waals surface area contributed by atoms with Crippen LogP contribution in [0.3, 0.4) is 0 Å². The molecule has 2 aromatic heterocycles. The maximum Gasteiger partial charge on any atom is 0.303 e. The summed E-state index contributed by atoms with van der Waals surface area (Å²) < 4.78 is 13.0. The highest BCUT2D eigenvalue weighted by atomic mass is 32.1. The maximum absolute atomic E-state index is 10.9. The van der Waals surface area contributed by atoms with Gasteiger partial charge in [0.15, 0.2) is 0 Å². The Morgan fingerprint density at radius 1 is 1.39 bits per heavy atom. The smallest absolute Gasteiger partial charge is 0.303 e. The molecular weight excluding hydrogens is 380 g/mol. The minimum Gasteiger partial charge on any atom is -0.493 e. The van der Waals surface area contributed by atoms with Crippen molar-refractivity contribution >= 4 is 17.3 Å². The number of imidazole rings is 1. The van der Waals surface area contributed by atoms with E-state index < -0.39 is 5.97 Å². The second kappa shape index (κ2) is 9.34. The molecule has 0 aliphatic carbocycles. The zero-order valence-electron chi connectivity index (χ0n) is 15.5. The summed E-state index contributed by atoms with van der Waals surface area (Å²) in [6, 6.07) is 5.78. The van der Waals surface area contributed by atoms with Crippen LogP contribution in [0.25, 0.3) is 16.3 Å². The van der Waals surface area contributed by atoms with Gasteiger partial charge in [0.1, 0.15) is 16.6 Å². The van der Waals surface area contributed by atoms with E-state index in [9.17, 15) is 4.79 Å². The van der Waals surface area contributed by atoms with Gasteiger partial charge >= 0.3 is 5.97 Å². The van der Waals surface area contributed by atoms with Crippen molar-refractivity contribution in [2.24, 2.45) is 5.73 Å². The van der Waals surface area contributed by atoms with Crippen LogP contribution < -0.4 is 15.2 Å². The van der Waals surface area contributed by atoms with Crippen LogP contribution in [0.5, 0.6) is 11.6 Å². The summed E-state index contributed by atoms with van der Waals surface area (Å²) in [5.41, 5.74) is 7.28. The number of benzene rings is 1. The van der Waals surface area contributed by atoms with Gasteiger partial charge in [-0.3, -0.25) is 4.79 Å². The number of hydrogen-bond acceptors (Lipinski definition) is 7. The molecule has 0 unspecified atom stereocenters. The summed E-state index contributed by atoms with van der Waals surface area (Å²) >= 11 is 1.47. The lowest BCUT2D eigenvalue weighted by molar-refractivity contribution is -0.137. The lowest BCUT2D eigenvalue weighted by Gasteiger charge is -2.14. The zero-order chi connectivity index (χ0) is 19.9. The number of hydrogen-bond donors (Lipinski definition) is 2. The van der Waals surface area contributed by atoms with Gasteiger partial charge in [-0.05, 0) is 25.1 Å². The molecule has 9 heteroatoms. The third-order valence-electron chi connectivity index (χ3n) is 4.05. The number of nitrogens with zero attached hydrogens (tertiary/aromatic N) is 3. The number of thiazole rings is 1. The summed E-state index contributed by atoms with van der Waals surface area (Å²) in [7, 11) is 1.58. The van der Waals surface area contributed by atoms with Crippen molar-refractivity contribution < 1.29 is 19.4 Å². The van der Waals surface area contributed by atoms with E-state index in [4.69, 9.17) is 20.3 Å². The maximum atomic E-state index is 10.9. The Kier molecular flexibility index (Phi) is 6.62. The molecule has 0 aliphatic heterocycles. The van der Waals surface area contributed by atoms with Gasteiger partial charge in [-0.25, -0.2) is 9.97 Å². The van der Waals surface area contributed by atoms with Crippen molar-refractivity contribution in [3.63, 3.8) is 0 Å². The molecule has 3 N–H and O–H groups in total. The quantitative estimate of drug-likeness (QED) is 0.501. The molecule has 0 fully saturated rings. The third kappa shape index (κ3) is 4.68. The van der Waals surface area contributed by atoms with Crippen molar-refractivity contribution in [3.05, 3.63) is 41.8 Å². The molecule has 28 heavy (non-hydrogen) atoms. The molecule has 8 nitrogen and oxygen atoms in total. The molecule has 0 saturated heterocycles. The van der Waals surface area contributed by atoms with Gasteiger partial charge < -0.3 is 24.9 Å². The van der Waals surface area contributed by atoms with Gasteiger partial charge in [-0.15, -0.1) is 11.3 Å². The molecule has 1 aromatic carbocycles. The van der Waals surface area contributed by atoms with E-state index in [0.29, 0.717) is 37.0 Å². The summed E-state index contributed by atoms with van der Waals surface area (Å²) in [4.78, 5) is 19.6. The minimum atomic E-state index is -0.853. The van der Waals surface area contributed by atoms with E-state index in [1.54, 1.807) is 13.3 Å². The van der Waals surface area contributed by atoms with Crippen LogP contribution in [-0.2, 0) is 11.2 Å². The van der Waals surface area contributed by atoms with E-state index in [2.05, 4.69) is 9.97 Å². The number of rotatable bonds is 10. The van der Waals surface area contributed by atoms with E-state index >= 15 is 0 Å². The van der Waals surface area contributed by atoms with Crippen molar-refractivity contribution in [2.75, 3.05) is 20.3 Å². The average Bonchev–Trinajstić information content (AvgIpc) is 3.36.